The Morgan fingerprint density at radius 2 is 1.61 bits per heavy atom. The molecule has 0 spiro atoms. The van der Waals surface area contributed by atoms with Crippen molar-refractivity contribution >= 4 is 11.8 Å². The average Bonchev–Trinajstić information content (AvgIpc) is 2.81. The molecule has 1 aliphatic heterocycles. The molecule has 4 nitrogen and oxygen atoms in total. The lowest BCUT2D eigenvalue weighted by Gasteiger charge is -2.15. The summed E-state index contributed by atoms with van der Waals surface area (Å²) in [6.45, 7) is 1.79. The maximum Gasteiger partial charge on any atom is 0.226 e. The predicted molar refractivity (Wildman–Crippen MR) is 67.8 cm³/mol. The van der Waals surface area contributed by atoms with E-state index in [1.54, 1.807) is 0 Å². The molecule has 18 heavy (non-hydrogen) atoms. The summed E-state index contributed by atoms with van der Waals surface area (Å²) in [6, 6.07) is 0.376. The molecule has 1 N–H and O–H groups in total. The zero-order chi connectivity index (χ0) is 12.5. The second kappa shape index (κ2) is 4.90. The maximum absolute atomic E-state index is 12.1. The van der Waals surface area contributed by atoms with Gasteiger partial charge in [-0.3, -0.25) is 9.59 Å². The molecular weight excluding hydrogens is 228 g/mol. The van der Waals surface area contributed by atoms with Crippen molar-refractivity contribution in [1.29, 1.82) is 0 Å². The molecule has 2 amide bonds. The van der Waals surface area contributed by atoms with Crippen LogP contribution >= 0.6 is 0 Å². The number of likely N-dealkylation sites (tertiary alicyclic amines) is 1. The number of nitrogens with one attached hydrogen (secondary N) is 1. The molecule has 3 rings (SSSR count). The Bertz CT molecular complexity index is 344. The number of hydrogen-bond acceptors (Lipinski definition) is 2. The van der Waals surface area contributed by atoms with Crippen LogP contribution in [0.3, 0.4) is 0 Å². The van der Waals surface area contributed by atoms with E-state index in [4.69, 9.17) is 0 Å². The molecule has 0 bridgehead atoms. The van der Waals surface area contributed by atoms with Gasteiger partial charge in [-0.2, -0.15) is 0 Å². The Hall–Kier alpha value is -1.06. The van der Waals surface area contributed by atoms with Gasteiger partial charge in [0.05, 0.1) is 11.8 Å². The fourth-order valence-electron chi connectivity index (χ4n) is 3.31. The third-order valence-corrected chi connectivity index (χ3v) is 4.56. The van der Waals surface area contributed by atoms with E-state index in [-0.39, 0.29) is 23.7 Å². The first-order valence-electron chi connectivity index (χ1n) is 7.35. The van der Waals surface area contributed by atoms with Gasteiger partial charge in [-0.05, 0) is 32.1 Å². The lowest BCUT2D eigenvalue weighted by molar-refractivity contribution is -0.133. The molecule has 2 aliphatic carbocycles. The average molecular weight is 250 g/mol. The van der Waals surface area contributed by atoms with Crippen molar-refractivity contribution in [3.8, 4) is 0 Å². The van der Waals surface area contributed by atoms with E-state index in [2.05, 4.69) is 5.32 Å². The number of hydrogen-bond donors (Lipinski definition) is 1. The van der Waals surface area contributed by atoms with Gasteiger partial charge in [0.1, 0.15) is 0 Å². The molecule has 2 unspecified atom stereocenters. The van der Waals surface area contributed by atoms with Gasteiger partial charge in [0, 0.05) is 19.1 Å². The predicted octanol–water partition coefficient (Wildman–Crippen LogP) is 1.30. The van der Waals surface area contributed by atoms with Gasteiger partial charge in [-0.15, -0.1) is 0 Å². The highest BCUT2D eigenvalue weighted by Gasteiger charge is 2.50. The van der Waals surface area contributed by atoms with Crippen molar-refractivity contribution in [2.75, 3.05) is 13.1 Å². The number of carbonyl (C=O) groups is 2. The first-order chi connectivity index (χ1) is 8.75. The normalized spacial score (nSPS) is 31.7. The number of amides is 2. The van der Waals surface area contributed by atoms with Crippen molar-refractivity contribution in [3.63, 3.8) is 0 Å². The van der Waals surface area contributed by atoms with E-state index >= 15 is 0 Å². The highest BCUT2D eigenvalue weighted by atomic mass is 16.2. The van der Waals surface area contributed by atoms with Gasteiger partial charge in [0.15, 0.2) is 0 Å². The lowest BCUT2D eigenvalue weighted by Crippen LogP contribution is -2.36. The number of carbonyl (C=O) groups excluding carboxylic acids is 2. The molecule has 4 heteroatoms. The topological polar surface area (TPSA) is 49.4 Å². The fourth-order valence-corrected chi connectivity index (χ4v) is 3.31. The van der Waals surface area contributed by atoms with Gasteiger partial charge in [-0.1, -0.05) is 12.8 Å². The summed E-state index contributed by atoms with van der Waals surface area (Å²) in [5.41, 5.74) is 0. The summed E-state index contributed by atoms with van der Waals surface area (Å²) in [4.78, 5) is 26.1. The first kappa shape index (κ1) is 12.0. The first-order valence-corrected chi connectivity index (χ1v) is 7.35. The zero-order valence-electron chi connectivity index (χ0n) is 10.9. The number of rotatable bonds is 3. The van der Waals surface area contributed by atoms with Crippen molar-refractivity contribution in [2.24, 2.45) is 11.8 Å². The molecule has 1 saturated heterocycles. The smallest absolute Gasteiger partial charge is 0.226 e. The van der Waals surface area contributed by atoms with Crippen LogP contribution in [0.15, 0.2) is 0 Å². The van der Waals surface area contributed by atoms with Gasteiger partial charge in [0.25, 0.3) is 0 Å². The molecule has 100 valence electrons. The van der Waals surface area contributed by atoms with E-state index in [9.17, 15) is 9.59 Å². The Morgan fingerprint density at radius 3 is 2.28 bits per heavy atom. The third-order valence-electron chi connectivity index (χ3n) is 4.56. The van der Waals surface area contributed by atoms with Gasteiger partial charge in [-0.25, -0.2) is 0 Å². The van der Waals surface area contributed by atoms with Crippen LogP contribution in [0.4, 0.5) is 0 Å². The van der Waals surface area contributed by atoms with Gasteiger partial charge >= 0.3 is 0 Å². The van der Waals surface area contributed by atoms with Crippen LogP contribution in [-0.4, -0.2) is 35.8 Å². The van der Waals surface area contributed by atoms with Crippen molar-refractivity contribution in [1.82, 2.24) is 10.2 Å². The van der Waals surface area contributed by atoms with Gasteiger partial charge in [0.2, 0.25) is 11.8 Å². The summed E-state index contributed by atoms with van der Waals surface area (Å²) >= 11 is 0. The quantitative estimate of drug-likeness (QED) is 0.821. The largest absolute Gasteiger partial charge is 0.353 e. The van der Waals surface area contributed by atoms with Gasteiger partial charge < -0.3 is 10.2 Å². The second-order valence-electron chi connectivity index (χ2n) is 5.97. The van der Waals surface area contributed by atoms with E-state index in [1.165, 1.54) is 12.8 Å². The molecule has 2 saturated carbocycles. The third kappa shape index (κ3) is 2.38. The van der Waals surface area contributed by atoms with Crippen LogP contribution in [0.2, 0.25) is 0 Å². The molecular formula is C14H22N2O2. The van der Waals surface area contributed by atoms with E-state index in [0.29, 0.717) is 6.04 Å². The van der Waals surface area contributed by atoms with Crippen LogP contribution in [-0.2, 0) is 9.59 Å². The highest BCUT2D eigenvalue weighted by molar-refractivity contribution is 5.92. The summed E-state index contributed by atoms with van der Waals surface area (Å²) in [7, 11) is 0. The fraction of sp³-hybridized carbons (Fsp3) is 0.857. The summed E-state index contributed by atoms with van der Waals surface area (Å²) in [5, 5.41) is 3.11. The maximum atomic E-state index is 12.1. The minimum Gasteiger partial charge on any atom is -0.353 e. The minimum absolute atomic E-state index is 0.00972. The second-order valence-corrected chi connectivity index (χ2v) is 5.97. The van der Waals surface area contributed by atoms with Crippen molar-refractivity contribution < 1.29 is 9.59 Å². The van der Waals surface area contributed by atoms with E-state index in [1.807, 2.05) is 4.90 Å². The van der Waals surface area contributed by atoms with Crippen LogP contribution in [0.25, 0.3) is 0 Å². The van der Waals surface area contributed by atoms with Crippen LogP contribution < -0.4 is 5.32 Å². The molecule has 3 fully saturated rings. The Labute approximate surface area is 108 Å². The molecule has 1 heterocycles. The summed E-state index contributed by atoms with van der Waals surface area (Å²) in [6.07, 6.45) is 7.70. The minimum atomic E-state index is -0.0290. The molecule has 0 aromatic heterocycles. The monoisotopic (exact) mass is 250 g/mol. The van der Waals surface area contributed by atoms with Crippen LogP contribution in [0.1, 0.15) is 44.9 Å². The van der Waals surface area contributed by atoms with Crippen LogP contribution in [0, 0.1) is 11.8 Å². The molecule has 2 atom stereocenters. The Kier molecular flexibility index (Phi) is 3.27. The standard InChI is InChI=1S/C14H22N2O2/c17-13(15-10-5-1-2-6-10)11-9-12(11)14(18)16-7-3-4-8-16/h10-12H,1-9H2,(H,15,17). The Morgan fingerprint density at radius 1 is 0.944 bits per heavy atom. The number of nitrogens with zero attached hydrogens (tertiary/aromatic N) is 1. The zero-order valence-corrected chi connectivity index (χ0v) is 10.9. The molecule has 0 aromatic rings. The van der Waals surface area contributed by atoms with Crippen molar-refractivity contribution in [2.45, 2.75) is 51.0 Å². The summed E-state index contributed by atoms with van der Waals surface area (Å²) < 4.78 is 0. The highest BCUT2D eigenvalue weighted by Crippen LogP contribution is 2.41. The van der Waals surface area contributed by atoms with E-state index < -0.39 is 0 Å². The van der Waals surface area contributed by atoms with E-state index in [0.717, 1.165) is 45.2 Å². The summed E-state index contributed by atoms with van der Waals surface area (Å²) in [5.74, 6) is 0.307. The van der Waals surface area contributed by atoms with Crippen molar-refractivity contribution in [3.05, 3.63) is 0 Å². The lowest BCUT2D eigenvalue weighted by atomic mass is 10.2. The van der Waals surface area contributed by atoms with Crippen LogP contribution in [0.5, 0.6) is 0 Å². The molecule has 0 aromatic carbocycles. The Balaban J connectivity index is 1.47. The SMILES string of the molecule is O=C(NC1CCCC1)C1CC1C(=O)N1CCCC1. The molecule has 0 radical (unpaired) electrons. The molecule has 3 aliphatic rings.